The number of esters is 3. The van der Waals surface area contributed by atoms with E-state index in [1.54, 1.807) is 17.9 Å². The van der Waals surface area contributed by atoms with E-state index in [1.165, 1.54) is 26.4 Å². The number of methoxy groups -OCH3 is 2. The van der Waals surface area contributed by atoms with E-state index in [1.807, 2.05) is 0 Å². The molecule has 1 N–H and O–H groups in total. The van der Waals surface area contributed by atoms with Gasteiger partial charge in [0.1, 0.15) is 5.75 Å². The molecule has 0 radical (unpaired) electrons. The van der Waals surface area contributed by atoms with Crippen molar-refractivity contribution in [2.45, 2.75) is 57.5 Å². The second-order valence-corrected chi connectivity index (χ2v) is 9.24. The first-order valence-electron chi connectivity index (χ1n) is 12.4. The van der Waals surface area contributed by atoms with Crippen LogP contribution in [0.15, 0.2) is 23.4 Å². The van der Waals surface area contributed by atoms with Crippen LogP contribution in [0.1, 0.15) is 56.6 Å². The van der Waals surface area contributed by atoms with Crippen LogP contribution in [0.4, 0.5) is 0 Å². The molecule has 0 spiro atoms. The number of carbonyl (C=O) groups excluding carboxylic acids is 4. The Kier molecular flexibility index (Phi) is 9.48. The molecule has 0 aromatic heterocycles. The minimum atomic E-state index is -1.27. The maximum absolute atomic E-state index is 12.9. The normalized spacial score (nSPS) is 16.9. The minimum Gasteiger partial charge on any atom is -0.508 e. The van der Waals surface area contributed by atoms with E-state index >= 15 is 0 Å². The third-order valence-electron chi connectivity index (χ3n) is 6.71. The first-order valence-corrected chi connectivity index (χ1v) is 12.4. The van der Waals surface area contributed by atoms with Gasteiger partial charge in [-0.1, -0.05) is 11.2 Å². The molecule has 1 saturated heterocycles. The Morgan fingerprint density at radius 1 is 1.11 bits per heavy atom. The number of rotatable bonds is 10. The minimum absolute atomic E-state index is 0.00671. The van der Waals surface area contributed by atoms with Crippen molar-refractivity contribution in [2.24, 2.45) is 11.1 Å². The van der Waals surface area contributed by atoms with Crippen molar-refractivity contribution in [2.75, 3.05) is 33.9 Å². The number of likely N-dealkylation sites (tertiary alicyclic amines) is 1. The van der Waals surface area contributed by atoms with E-state index in [4.69, 9.17) is 19.0 Å². The highest BCUT2D eigenvalue weighted by atomic mass is 16.7. The van der Waals surface area contributed by atoms with E-state index < -0.39 is 17.5 Å². The van der Waals surface area contributed by atoms with Crippen LogP contribution < -0.4 is 0 Å². The maximum Gasteiger partial charge on any atom is 0.309 e. The second-order valence-electron chi connectivity index (χ2n) is 9.24. The van der Waals surface area contributed by atoms with Crippen LogP contribution in [0, 0.1) is 5.92 Å². The smallest absolute Gasteiger partial charge is 0.309 e. The maximum atomic E-state index is 12.9. The highest BCUT2D eigenvalue weighted by Crippen LogP contribution is 2.35. The van der Waals surface area contributed by atoms with Crippen LogP contribution in [0.3, 0.4) is 0 Å². The number of phenols is 1. The zero-order chi connectivity index (χ0) is 27.0. The Morgan fingerprint density at radius 3 is 2.35 bits per heavy atom. The largest absolute Gasteiger partial charge is 0.508 e. The van der Waals surface area contributed by atoms with Crippen LogP contribution in [0.2, 0.25) is 0 Å². The molecule has 1 aromatic rings. The number of benzene rings is 1. The standard InChI is InChI=1S/C26H34N2O9/c1-4-36-25(33)18-9-11-28(12-10-18)22(30)8-6-17-5-7-19(29)13-20(17)21-14-26(37-27-21,15-23(31)34-2)16-24(32)35-3/h5,7,13,18,29H,4,6,8-12,14-16H2,1-3H3. The van der Waals surface area contributed by atoms with Crippen LogP contribution in [0.25, 0.3) is 0 Å². The molecule has 2 aliphatic rings. The molecule has 3 rings (SSSR count). The molecule has 0 unspecified atom stereocenters. The first-order chi connectivity index (χ1) is 17.7. The predicted molar refractivity (Wildman–Crippen MR) is 131 cm³/mol. The summed E-state index contributed by atoms with van der Waals surface area (Å²) in [6.07, 6.45) is 1.46. The fourth-order valence-electron chi connectivity index (χ4n) is 4.66. The van der Waals surface area contributed by atoms with Gasteiger partial charge in [0, 0.05) is 31.5 Å². The number of oxime groups is 1. The van der Waals surface area contributed by atoms with Gasteiger partial charge in [0.25, 0.3) is 0 Å². The SMILES string of the molecule is CCOC(=O)C1CCN(C(=O)CCc2ccc(O)cc2C2=NOC(CC(=O)OC)(CC(=O)OC)C2)CC1. The van der Waals surface area contributed by atoms with Crippen molar-refractivity contribution in [1.82, 2.24) is 4.90 Å². The topological polar surface area (TPSA) is 141 Å². The molecule has 0 atom stereocenters. The van der Waals surface area contributed by atoms with Gasteiger partial charge >= 0.3 is 17.9 Å². The van der Waals surface area contributed by atoms with Crippen molar-refractivity contribution in [3.8, 4) is 5.75 Å². The van der Waals surface area contributed by atoms with E-state index in [0.29, 0.717) is 50.2 Å². The number of carbonyl (C=O) groups is 4. The molecule has 2 aliphatic heterocycles. The van der Waals surface area contributed by atoms with Gasteiger partial charge in [0.15, 0.2) is 5.60 Å². The summed E-state index contributed by atoms with van der Waals surface area (Å²) in [5.41, 5.74) is 0.519. The van der Waals surface area contributed by atoms with E-state index in [0.717, 1.165) is 5.56 Å². The van der Waals surface area contributed by atoms with E-state index in [-0.39, 0.29) is 49.2 Å². The second kappa shape index (κ2) is 12.6. The fraction of sp³-hybridized carbons (Fsp3) is 0.577. The highest BCUT2D eigenvalue weighted by molar-refractivity contribution is 6.04. The summed E-state index contributed by atoms with van der Waals surface area (Å²) < 4.78 is 14.6. The molecule has 1 amide bonds. The first kappa shape index (κ1) is 27.9. The number of amides is 1. The molecular weight excluding hydrogens is 484 g/mol. The highest BCUT2D eigenvalue weighted by Gasteiger charge is 2.44. The molecule has 37 heavy (non-hydrogen) atoms. The molecule has 1 aromatic carbocycles. The van der Waals surface area contributed by atoms with Gasteiger partial charge < -0.3 is 29.1 Å². The van der Waals surface area contributed by atoms with Crippen molar-refractivity contribution in [1.29, 1.82) is 0 Å². The molecular formula is C26H34N2O9. The van der Waals surface area contributed by atoms with Gasteiger partial charge in [-0.15, -0.1) is 0 Å². The number of ether oxygens (including phenoxy) is 3. The third-order valence-corrected chi connectivity index (χ3v) is 6.71. The average molecular weight is 519 g/mol. The number of piperidine rings is 1. The number of nitrogens with zero attached hydrogens (tertiary/aromatic N) is 2. The molecule has 11 nitrogen and oxygen atoms in total. The van der Waals surface area contributed by atoms with E-state index in [9.17, 15) is 24.3 Å². The number of hydrogen-bond acceptors (Lipinski definition) is 10. The molecule has 202 valence electrons. The molecule has 0 saturated carbocycles. The van der Waals surface area contributed by atoms with Crippen LogP contribution >= 0.6 is 0 Å². The quantitative estimate of drug-likeness (QED) is 0.364. The summed E-state index contributed by atoms with van der Waals surface area (Å²) in [4.78, 5) is 56.2. The number of phenolic OH excluding ortho intramolecular Hbond substituents is 1. The molecule has 11 heteroatoms. The Hall–Kier alpha value is -3.63. The van der Waals surface area contributed by atoms with Crippen LogP contribution in [-0.4, -0.2) is 79.1 Å². The van der Waals surface area contributed by atoms with Gasteiger partial charge in [-0.25, -0.2) is 0 Å². The van der Waals surface area contributed by atoms with Crippen LogP contribution in [-0.2, 0) is 44.6 Å². The predicted octanol–water partition coefficient (Wildman–Crippen LogP) is 2.12. The summed E-state index contributed by atoms with van der Waals surface area (Å²) in [7, 11) is 2.49. The van der Waals surface area contributed by atoms with Crippen LogP contribution in [0.5, 0.6) is 5.75 Å². The van der Waals surface area contributed by atoms with Gasteiger partial charge in [-0.05, 0) is 43.9 Å². The molecule has 0 aliphatic carbocycles. The summed E-state index contributed by atoms with van der Waals surface area (Å²) >= 11 is 0. The lowest BCUT2D eigenvalue weighted by Gasteiger charge is -2.31. The molecule has 0 bridgehead atoms. The summed E-state index contributed by atoms with van der Waals surface area (Å²) in [5, 5.41) is 14.3. The van der Waals surface area contributed by atoms with Crippen molar-refractivity contribution >= 4 is 29.5 Å². The van der Waals surface area contributed by atoms with Crippen molar-refractivity contribution in [3.05, 3.63) is 29.3 Å². The van der Waals surface area contributed by atoms with Crippen molar-refractivity contribution < 1.29 is 43.3 Å². The zero-order valence-corrected chi connectivity index (χ0v) is 21.5. The van der Waals surface area contributed by atoms with Gasteiger partial charge in [0.05, 0.1) is 45.3 Å². The zero-order valence-electron chi connectivity index (χ0n) is 21.5. The lowest BCUT2D eigenvalue weighted by Crippen LogP contribution is -2.40. The Labute approximate surface area is 215 Å². The Morgan fingerprint density at radius 2 is 1.76 bits per heavy atom. The van der Waals surface area contributed by atoms with Crippen molar-refractivity contribution in [3.63, 3.8) is 0 Å². The lowest BCUT2D eigenvalue weighted by molar-refractivity contribution is -0.155. The number of hydrogen-bond donors (Lipinski definition) is 1. The fourth-order valence-corrected chi connectivity index (χ4v) is 4.66. The van der Waals surface area contributed by atoms with Gasteiger partial charge in [0.2, 0.25) is 5.91 Å². The Bertz CT molecular complexity index is 1030. The Balaban J connectivity index is 1.67. The van der Waals surface area contributed by atoms with E-state index in [2.05, 4.69) is 5.16 Å². The monoisotopic (exact) mass is 518 g/mol. The number of aryl methyl sites for hydroxylation is 1. The number of aromatic hydroxyl groups is 1. The van der Waals surface area contributed by atoms with Gasteiger partial charge in [-0.3, -0.25) is 19.2 Å². The molecule has 1 fully saturated rings. The third kappa shape index (κ3) is 7.21. The molecule has 2 heterocycles. The summed E-state index contributed by atoms with van der Waals surface area (Å²) in [6.45, 7) is 3.11. The summed E-state index contributed by atoms with van der Waals surface area (Å²) in [5.74, 6) is -1.53. The lowest BCUT2D eigenvalue weighted by atomic mass is 9.86. The summed E-state index contributed by atoms with van der Waals surface area (Å²) in [6, 6.07) is 4.77. The average Bonchev–Trinajstić information content (AvgIpc) is 3.30. The van der Waals surface area contributed by atoms with Gasteiger partial charge in [-0.2, -0.15) is 0 Å².